The number of para-hydroxylation sites is 2. The topological polar surface area (TPSA) is 55.6 Å². The molecule has 4 rings (SSSR count). The van der Waals surface area contributed by atoms with Gasteiger partial charge in [-0.2, -0.15) is 0 Å². The van der Waals surface area contributed by atoms with Gasteiger partial charge in [-0.15, -0.1) is 0 Å². The number of ether oxygens (including phenoxy) is 1. The van der Waals surface area contributed by atoms with E-state index in [1.54, 1.807) is 31.2 Å². The van der Waals surface area contributed by atoms with E-state index in [1.165, 1.54) is 0 Å². The molecular formula is C21H21ClN2O3. The van der Waals surface area contributed by atoms with Crippen molar-refractivity contribution in [2.75, 3.05) is 13.1 Å². The van der Waals surface area contributed by atoms with Gasteiger partial charge in [0.15, 0.2) is 17.6 Å². The fraction of sp³-hybridized carbons (Fsp3) is 0.333. The standard InChI is InChI=1S/C21H21ClN2O3/c1-14(26-17-6-4-5-16(22)13-17)21(25)24-11-9-15(10-12-24)20-23-18-7-2-3-8-19(18)27-20/h2-8,13-15H,9-12H2,1H3. The van der Waals surface area contributed by atoms with Crippen LogP contribution in [0.3, 0.4) is 0 Å². The summed E-state index contributed by atoms with van der Waals surface area (Å²) in [6.45, 7) is 3.12. The highest BCUT2D eigenvalue weighted by Gasteiger charge is 2.29. The maximum absolute atomic E-state index is 12.7. The first kappa shape index (κ1) is 17.9. The molecule has 0 bridgehead atoms. The van der Waals surface area contributed by atoms with Crippen LogP contribution in [0, 0.1) is 0 Å². The van der Waals surface area contributed by atoms with Gasteiger partial charge in [0.25, 0.3) is 5.91 Å². The molecule has 3 aromatic rings. The molecule has 1 fully saturated rings. The summed E-state index contributed by atoms with van der Waals surface area (Å²) in [5, 5.41) is 0.589. The lowest BCUT2D eigenvalue weighted by molar-refractivity contribution is -0.139. The maximum atomic E-state index is 12.7. The third-order valence-corrected chi connectivity index (χ3v) is 5.16. The van der Waals surface area contributed by atoms with Crippen molar-refractivity contribution >= 4 is 28.6 Å². The molecular weight excluding hydrogens is 364 g/mol. The molecule has 1 aliphatic heterocycles. The quantitative estimate of drug-likeness (QED) is 0.656. The van der Waals surface area contributed by atoms with Gasteiger partial charge < -0.3 is 14.1 Å². The molecule has 1 atom stereocenters. The van der Waals surface area contributed by atoms with Gasteiger partial charge >= 0.3 is 0 Å². The molecule has 0 radical (unpaired) electrons. The van der Waals surface area contributed by atoms with Crippen LogP contribution in [0.1, 0.15) is 31.6 Å². The summed E-state index contributed by atoms with van der Waals surface area (Å²) in [4.78, 5) is 19.2. The molecule has 0 saturated carbocycles. The lowest BCUT2D eigenvalue weighted by atomic mass is 9.96. The molecule has 0 spiro atoms. The van der Waals surface area contributed by atoms with Gasteiger partial charge in [-0.25, -0.2) is 4.98 Å². The van der Waals surface area contributed by atoms with Gasteiger partial charge in [-0.05, 0) is 50.1 Å². The van der Waals surface area contributed by atoms with Crippen LogP contribution in [0.25, 0.3) is 11.1 Å². The molecule has 2 aromatic carbocycles. The number of carbonyl (C=O) groups is 1. The molecule has 2 heterocycles. The third kappa shape index (κ3) is 3.93. The average Bonchev–Trinajstić information content (AvgIpc) is 3.12. The molecule has 1 aliphatic rings. The number of aromatic nitrogens is 1. The molecule has 0 N–H and O–H groups in total. The predicted molar refractivity (Wildman–Crippen MR) is 104 cm³/mol. The van der Waals surface area contributed by atoms with E-state index in [0.29, 0.717) is 23.9 Å². The van der Waals surface area contributed by atoms with Crippen LogP contribution < -0.4 is 4.74 Å². The SMILES string of the molecule is CC(Oc1cccc(Cl)c1)C(=O)N1CCC(c2nc3ccccc3o2)CC1. The minimum atomic E-state index is -0.552. The van der Waals surface area contributed by atoms with E-state index < -0.39 is 6.10 Å². The molecule has 1 unspecified atom stereocenters. The van der Waals surface area contributed by atoms with Crippen molar-refractivity contribution in [2.24, 2.45) is 0 Å². The van der Waals surface area contributed by atoms with Gasteiger partial charge in [-0.1, -0.05) is 29.8 Å². The number of rotatable bonds is 4. The van der Waals surface area contributed by atoms with Crippen LogP contribution in [0.4, 0.5) is 0 Å². The Morgan fingerprint density at radius 3 is 2.74 bits per heavy atom. The van der Waals surface area contributed by atoms with Crippen LogP contribution in [0.2, 0.25) is 5.02 Å². The number of oxazole rings is 1. The van der Waals surface area contributed by atoms with Crippen molar-refractivity contribution in [3.05, 3.63) is 59.4 Å². The van der Waals surface area contributed by atoms with Crippen molar-refractivity contribution in [2.45, 2.75) is 31.8 Å². The third-order valence-electron chi connectivity index (χ3n) is 4.92. The second kappa shape index (κ2) is 7.61. The number of piperidine rings is 1. The number of amides is 1. The van der Waals surface area contributed by atoms with Gasteiger partial charge in [0.1, 0.15) is 11.3 Å². The number of fused-ring (bicyclic) bond motifs is 1. The van der Waals surface area contributed by atoms with Crippen LogP contribution >= 0.6 is 11.6 Å². The smallest absolute Gasteiger partial charge is 0.263 e. The monoisotopic (exact) mass is 384 g/mol. The van der Waals surface area contributed by atoms with Crippen LogP contribution in [-0.4, -0.2) is 35.0 Å². The lowest BCUT2D eigenvalue weighted by Crippen LogP contribution is -2.44. The molecule has 1 saturated heterocycles. The van der Waals surface area contributed by atoms with Crippen molar-refractivity contribution in [3.63, 3.8) is 0 Å². The molecule has 140 valence electrons. The molecule has 27 heavy (non-hydrogen) atoms. The molecule has 1 amide bonds. The second-order valence-corrected chi connectivity index (χ2v) is 7.27. The van der Waals surface area contributed by atoms with Gasteiger partial charge in [0, 0.05) is 24.0 Å². The average molecular weight is 385 g/mol. The number of carbonyl (C=O) groups excluding carboxylic acids is 1. The summed E-state index contributed by atoms with van der Waals surface area (Å²) in [7, 11) is 0. The minimum absolute atomic E-state index is 0.00834. The summed E-state index contributed by atoms with van der Waals surface area (Å²) in [5.74, 6) is 1.60. The fourth-order valence-corrected chi connectivity index (χ4v) is 3.64. The highest BCUT2D eigenvalue weighted by atomic mass is 35.5. The van der Waals surface area contributed by atoms with Crippen LogP contribution in [0.15, 0.2) is 52.9 Å². The largest absolute Gasteiger partial charge is 0.481 e. The Balaban J connectivity index is 1.36. The molecule has 5 nitrogen and oxygen atoms in total. The van der Waals surface area contributed by atoms with Gasteiger partial charge in [-0.3, -0.25) is 4.79 Å². The first-order valence-corrected chi connectivity index (χ1v) is 9.54. The van der Waals surface area contributed by atoms with Gasteiger partial charge in [0.05, 0.1) is 0 Å². The first-order chi connectivity index (χ1) is 13.1. The Bertz CT molecular complexity index is 914. The van der Waals surface area contributed by atoms with E-state index in [2.05, 4.69) is 4.98 Å². The molecule has 6 heteroatoms. The van der Waals surface area contributed by atoms with Crippen molar-refractivity contribution in [1.82, 2.24) is 9.88 Å². The van der Waals surface area contributed by atoms with E-state index in [4.69, 9.17) is 20.8 Å². The Labute approximate surface area is 162 Å². The van der Waals surface area contributed by atoms with E-state index in [0.717, 1.165) is 29.8 Å². The van der Waals surface area contributed by atoms with Crippen LogP contribution in [-0.2, 0) is 4.79 Å². The van der Waals surface area contributed by atoms with Gasteiger partial charge in [0.2, 0.25) is 0 Å². The van der Waals surface area contributed by atoms with E-state index >= 15 is 0 Å². The number of likely N-dealkylation sites (tertiary alicyclic amines) is 1. The number of hydrogen-bond acceptors (Lipinski definition) is 4. The minimum Gasteiger partial charge on any atom is -0.481 e. The summed E-state index contributed by atoms with van der Waals surface area (Å²) in [5.41, 5.74) is 1.70. The van der Waals surface area contributed by atoms with Crippen molar-refractivity contribution in [1.29, 1.82) is 0 Å². The van der Waals surface area contributed by atoms with Crippen molar-refractivity contribution in [3.8, 4) is 5.75 Å². The Kier molecular flexibility index (Phi) is 5.03. The lowest BCUT2D eigenvalue weighted by Gasteiger charge is -2.32. The zero-order valence-corrected chi connectivity index (χ0v) is 15.9. The maximum Gasteiger partial charge on any atom is 0.263 e. The zero-order chi connectivity index (χ0) is 18.8. The summed E-state index contributed by atoms with van der Waals surface area (Å²) < 4.78 is 11.6. The van der Waals surface area contributed by atoms with E-state index in [9.17, 15) is 4.79 Å². The summed E-state index contributed by atoms with van der Waals surface area (Å²) in [6.07, 6.45) is 1.12. The molecule has 0 aliphatic carbocycles. The molecule has 1 aromatic heterocycles. The highest BCUT2D eigenvalue weighted by molar-refractivity contribution is 6.30. The van der Waals surface area contributed by atoms with E-state index in [-0.39, 0.29) is 11.8 Å². The number of nitrogens with zero attached hydrogens (tertiary/aromatic N) is 2. The second-order valence-electron chi connectivity index (χ2n) is 6.84. The Morgan fingerprint density at radius 1 is 1.22 bits per heavy atom. The Hall–Kier alpha value is -2.53. The summed E-state index contributed by atoms with van der Waals surface area (Å²) in [6, 6.07) is 14.9. The number of benzene rings is 2. The normalized spacial score (nSPS) is 16.4. The highest BCUT2D eigenvalue weighted by Crippen LogP contribution is 2.30. The zero-order valence-electron chi connectivity index (χ0n) is 15.1. The van der Waals surface area contributed by atoms with Crippen molar-refractivity contribution < 1.29 is 13.9 Å². The number of halogens is 1. The fourth-order valence-electron chi connectivity index (χ4n) is 3.46. The van der Waals surface area contributed by atoms with E-state index in [1.807, 2.05) is 29.2 Å². The number of hydrogen-bond donors (Lipinski definition) is 0. The first-order valence-electron chi connectivity index (χ1n) is 9.16. The van der Waals surface area contributed by atoms with Crippen LogP contribution in [0.5, 0.6) is 5.75 Å². The predicted octanol–water partition coefficient (Wildman–Crippen LogP) is 4.65. The Morgan fingerprint density at radius 2 is 2.00 bits per heavy atom. The summed E-state index contributed by atoms with van der Waals surface area (Å²) >= 11 is 5.97.